The Labute approximate surface area is 174 Å². The molecule has 0 aliphatic carbocycles. The highest BCUT2D eigenvalue weighted by Gasteiger charge is 2.24. The molecule has 30 heavy (non-hydrogen) atoms. The van der Waals surface area contributed by atoms with E-state index in [0.29, 0.717) is 37.0 Å². The normalized spacial score (nSPS) is 15.2. The van der Waals surface area contributed by atoms with Crippen LogP contribution in [0.3, 0.4) is 0 Å². The number of aromatic nitrogens is 4. The van der Waals surface area contributed by atoms with Crippen LogP contribution in [-0.2, 0) is 6.54 Å². The molecule has 1 saturated heterocycles. The van der Waals surface area contributed by atoms with Crippen LogP contribution in [0.1, 0.15) is 22.0 Å². The zero-order valence-corrected chi connectivity index (χ0v) is 16.8. The lowest BCUT2D eigenvalue weighted by atomic mass is 10.2. The summed E-state index contributed by atoms with van der Waals surface area (Å²) < 4.78 is 1.95. The van der Waals surface area contributed by atoms with Gasteiger partial charge in [-0.2, -0.15) is 0 Å². The van der Waals surface area contributed by atoms with Gasteiger partial charge in [0.2, 0.25) is 0 Å². The van der Waals surface area contributed by atoms with E-state index in [9.17, 15) is 4.79 Å². The largest absolute Gasteiger partial charge is 0.383 e. The van der Waals surface area contributed by atoms with Gasteiger partial charge in [0.25, 0.3) is 5.91 Å². The van der Waals surface area contributed by atoms with Crippen LogP contribution in [0.5, 0.6) is 0 Å². The summed E-state index contributed by atoms with van der Waals surface area (Å²) in [7, 11) is 0. The van der Waals surface area contributed by atoms with Crippen LogP contribution in [0, 0.1) is 6.92 Å². The Morgan fingerprint density at radius 3 is 2.60 bits per heavy atom. The lowest BCUT2D eigenvalue weighted by Gasteiger charge is -2.34. The van der Waals surface area contributed by atoms with Gasteiger partial charge in [-0.3, -0.25) is 9.69 Å². The minimum absolute atomic E-state index is 0.0241. The molecule has 1 aromatic carbocycles. The van der Waals surface area contributed by atoms with Gasteiger partial charge in [0, 0.05) is 43.5 Å². The van der Waals surface area contributed by atoms with E-state index < -0.39 is 0 Å². The van der Waals surface area contributed by atoms with Crippen LogP contribution in [0.2, 0.25) is 0 Å². The maximum absolute atomic E-state index is 12.9. The quantitative estimate of drug-likeness (QED) is 0.565. The van der Waals surface area contributed by atoms with Gasteiger partial charge in [0.05, 0.1) is 12.1 Å². The average molecular weight is 401 g/mol. The van der Waals surface area contributed by atoms with Gasteiger partial charge in [0.15, 0.2) is 0 Å². The molecule has 0 bridgehead atoms. The van der Waals surface area contributed by atoms with Crippen molar-refractivity contribution in [1.29, 1.82) is 0 Å². The van der Waals surface area contributed by atoms with Crippen LogP contribution in [-0.4, -0.2) is 61.2 Å². The number of benzene rings is 1. The number of nitrogens with zero attached hydrogens (tertiary/aromatic N) is 6. The number of rotatable bonds is 3. The Kier molecular flexibility index (Phi) is 4.55. The molecule has 2 N–H and O–H groups in total. The summed E-state index contributed by atoms with van der Waals surface area (Å²) in [5, 5.41) is 0.874. The number of piperazine rings is 1. The van der Waals surface area contributed by atoms with Crippen molar-refractivity contribution < 1.29 is 4.79 Å². The molecule has 0 saturated carbocycles. The number of fused-ring (bicyclic) bond motifs is 2. The standard InChI is InChI=1S/C22H23N7O/c1-15-5-4-8-20-25-18(13-29(15)20)22(30)28-11-9-27(10-12-28)14-19-24-17-7-3-2-6-16(17)21(23)26-19/h2-8,13H,9-12,14H2,1H3,(H2,23,24,26). The SMILES string of the molecule is Cc1cccc2nc(C(=O)N3CCN(Cc4nc(N)c5ccccc5n4)CC3)cn12. The third kappa shape index (κ3) is 3.35. The monoisotopic (exact) mass is 401 g/mol. The molecule has 8 nitrogen and oxygen atoms in total. The number of pyridine rings is 1. The number of para-hydroxylation sites is 1. The molecule has 4 aromatic rings. The molecule has 1 amide bonds. The number of carbonyl (C=O) groups excluding carboxylic acids is 1. The first-order valence-electron chi connectivity index (χ1n) is 10.1. The maximum atomic E-state index is 12.9. The minimum atomic E-state index is -0.0241. The fraction of sp³-hybridized carbons (Fsp3) is 0.273. The van der Waals surface area contributed by atoms with E-state index in [2.05, 4.69) is 19.9 Å². The van der Waals surface area contributed by atoms with Crippen molar-refractivity contribution in [2.24, 2.45) is 0 Å². The molecular weight excluding hydrogens is 378 g/mol. The summed E-state index contributed by atoms with van der Waals surface area (Å²) in [5.41, 5.74) is 9.29. The Balaban J connectivity index is 1.26. The molecule has 3 aromatic heterocycles. The fourth-order valence-electron chi connectivity index (χ4n) is 3.94. The third-order valence-electron chi connectivity index (χ3n) is 5.62. The third-order valence-corrected chi connectivity index (χ3v) is 5.62. The van der Waals surface area contributed by atoms with E-state index >= 15 is 0 Å². The molecule has 8 heteroatoms. The molecule has 1 aliphatic rings. The van der Waals surface area contributed by atoms with Gasteiger partial charge < -0.3 is 15.0 Å². The zero-order valence-electron chi connectivity index (χ0n) is 16.8. The Hall–Kier alpha value is -3.52. The number of nitrogens with two attached hydrogens (primary N) is 1. The van der Waals surface area contributed by atoms with E-state index in [-0.39, 0.29) is 5.91 Å². The predicted octanol–water partition coefficient (Wildman–Crippen LogP) is 2.13. The van der Waals surface area contributed by atoms with E-state index in [1.54, 1.807) is 0 Å². The maximum Gasteiger partial charge on any atom is 0.274 e. The number of aryl methyl sites for hydroxylation is 1. The van der Waals surface area contributed by atoms with Crippen LogP contribution >= 0.6 is 0 Å². The molecule has 152 valence electrons. The number of carbonyl (C=O) groups is 1. The van der Waals surface area contributed by atoms with E-state index in [1.165, 1.54) is 0 Å². The molecule has 1 aliphatic heterocycles. The predicted molar refractivity (Wildman–Crippen MR) is 115 cm³/mol. The van der Waals surface area contributed by atoms with Crippen molar-refractivity contribution in [1.82, 2.24) is 29.2 Å². The van der Waals surface area contributed by atoms with Gasteiger partial charge in [0.1, 0.15) is 23.0 Å². The summed E-state index contributed by atoms with van der Waals surface area (Å²) in [6.45, 7) is 5.43. The van der Waals surface area contributed by atoms with Crippen LogP contribution in [0.15, 0.2) is 48.7 Å². The Bertz CT molecular complexity index is 1240. The van der Waals surface area contributed by atoms with Gasteiger partial charge in [-0.1, -0.05) is 18.2 Å². The first kappa shape index (κ1) is 18.5. The van der Waals surface area contributed by atoms with Crippen LogP contribution in [0.4, 0.5) is 5.82 Å². The van der Waals surface area contributed by atoms with Gasteiger partial charge >= 0.3 is 0 Å². The van der Waals surface area contributed by atoms with Crippen molar-refractivity contribution in [3.05, 3.63) is 65.9 Å². The van der Waals surface area contributed by atoms with Crippen molar-refractivity contribution in [2.45, 2.75) is 13.5 Å². The molecule has 5 rings (SSSR count). The molecule has 1 fully saturated rings. The molecule has 0 unspecified atom stereocenters. The highest BCUT2D eigenvalue weighted by atomic mass is 16.2. The number of amides is 1. The summed E-state index contributed by atoms with van der Waals surface area (Å²) >= 11 is 0. The summed E-state index contributed by atoms with van der Waals surface area (Å²) in [6.07, 6.45) is 1.82. The number of nitrogen functional groups attached to an aromatic ring is 1. The van der Waals surface area contributed by atoms with E-state index in [4.69, 9.17) is 5.73 Å². The second kappa shape index (κ2) is 7.38. The average Bonchev–Trinajstić information content (AvgIpc) is 3.20. The second-order valence-corrected chi connectivity index (χ2v) is 7.63. The molecule has 0 radical (unpaired) electrons. The van der Waals surface area contributed by atoms with E-state index in [1.807, 2.05) is 64.9 Å². The van der Waals surface area contributed by atoms with Crippen LogP contribution in [0.25, 0.3) is 16.6 Å². The van der Waals surface area contributed by atoms with E-state index in [0.717, 1.165) is 35.3 Å². The smallest absolute Gasteiger partial charge is 0.274 e. The molecule has 0 atom stereocenters. The first-order valence-corrected chi connectivity index (χ1v) is 10.1. The van der Waals surface area contributed by atoms with Gasteiger partial charge in [-0.15, -0.1) is 0 Å². The van der Waals surface area contributed by atoms with Crippen molar-refractivity contribution in [3.8, 4) is 0 Å². The highest BCUT2D eigenvalue weighted by molar-refractivity contribution is 5.93. The second-order valence-electron chi connectivity index (χ2n) is 7.63. The highest BCUT2D eigenvalue weighted by Crippen LogP contribution is 2.18. The molecular formula is C22H23N7O. The van der Waals surface area contributed by atoms with Gasteiger partial charge in [-0.25, -0.2) is 15.0 Å². The lowest BCUT2D eigenvalue weighted by Crippen LogP contribution is -2.48. The van der Waals surface area contributed by atoms with Crippen molar-refractivity contribution >= 4 is 28.3 Å². The topological polar surface area (TPSA) is 92.7 Å². The number of anilines is 1. The van der Waals surface area contributed by atoms with Crippen LogP contribution < -0.4 is 5.73 Å². The summed E-state index contributed by atoms with van der Waals surface area (Å²) in [4.78, 5) is 30.6. The van der Waals surface area contributed by atoms with Gasteiger partial charge in [-0.05, 0) is 31.2 Å². The number of hydrogen-bond donors (Lipinski definition) is 1. The Morgan fingerprint density at radius 2 is 1.80 bits per heavy atom. The fourth-order valence-corrected chi connectivity index (χ4v) is 3.94. The Morgan fingerprint density at radius 1 is 1.00 bits per heavy atom. The lowest BCUT2D eigenvalue weighted by molar-refractivity contribution is 0.0620. The number of hydrogen-bond acceptors (Lipinski definition) is 6. The zero-order chi connectivity index (χ0) is 20.7. The summed E-state index contributed by atoms with van der Waals surface area (Å²) in [6, 6.07) is 13.6. The first-order chi connectivity index (χ1) is 14.6. The number of imidazole rings is 1. The van der Waals surface area contributed by atoms with Crippen molar-refractivity contribution in [3.63, 3.8) is 0 Å². The minimum Gasteiger partial charge on any atom is -0.383 e. The summed E-state index contributed by atoms with van der Waals surface area (Å²) in [5.74, 6) is 1.19. The molecule has 4 heterocycles. The van der Waals surface area contributed by atoms with Crippen molar-refractivity contribution in [2.75, 3.05) is 31.9 Å². The molecule has 0 spiro atoms.